The van der Waals surface area contributed by atoms with E-state index in [1.54, 1.807) is 0 Å². The van der Waals surface area contributed by atoms with Crippen LogP contribution >= 0.6 is 0 Å². The molecule has 16 heteroatoms. The Morgan fingerprint density at radius 3 is 2.29 bits per heavy atom. The van der Waals surface area contributed by atoms with Crippen molar-refractivity contribution in [2.45, 2.75) is 12.4 Å². The molecule has 1 heterocycles. The first-order chi connectivity index (χ1) is 19.6. The molecule has 0 unspecified atom stereocenters. The van der Waals surface area contributed by atoms with Crippen LogP contribution in [0.15, 0.2) is 61.3 Å². The summed E-state index contributed by atoms with van der Waals surface area (Å²) in [5.41, 5.74) is -1.50. The molecule has 0 aliphatic rings. The fourth-order valence-electron chi connectivity index (χ4n) is 3.31. The average molecular weight is 600 g/mol. The minimum atomic E-state index is -5.45. The lowest BCUT2D eigenvalue weighted by Crippen LogP contribution is -2.38. The van der Waals surface area contributed by atoms with Crippen LogP contribution in [0.5, 0.6) is 0 Å². The van der Waals surface area contributed by atoms with Crippen LogP contribution in [-0.2, 0) is 20.6 Å². The molecule has 2 N–H and O–H groups in total. The van der Waals surface area contributed by atoms with E-state index in [0.717, 1.165) is 42.5 Å². The smallest absolute Gasteiger partial charge is 0.353 e. The number of hydrogen-bond acceptors (Lipinski definition) is 8. The molecule has 0 aliphatic heterocycles. The molecule has 2 aromatic carbocycles. The van der Waals surface area contributed by atoms with Crippen LogP contribution in [0.2, 0.25) is 0 Å². The number of anilines is 4. The molecule has 0 aliphatic carbocycles. The topological polar surface area (TPSA) is 99.7 Å². The van der Waals surface area contributed by atoms with Crippen molar-refractivity contribution in [2.24, 2.45) is 0 Å². The van der Waals surface area contributed by atoms with Crippen molar-refractivity contribution in [1.82, 2.24) is 14.9 Å². The fourth-order valence-corrected chi connectivity index (χ4v) is 3.31. The third kappa shape index (κ3) is 8.15. The highest BCUT2D eigenvalue weighted by Crippen LogP contribution is 2.35. The Labute approximate surface area is 234 Å². The monoisotopic (exact) mass is 600 g/mol. The lowest BCUT2D eigenvalue weighted by atomic mass is 10.1. The van der Waals surface area contributed by atoms with E-state index in [1.165, 1.54) is 6.20 Å². The molecular weight excluding hydrogens is 577 g/mol. The second kappa shape index (κ2) is 12.8. The maximum atomic E-state index is 14.9. The highest BCUT2D eigenvalue weighted by atomic mass is 19.4. The van der Waals surface area contributed by atoms with Crippen LogP contribution < -0.4 is 15.7 Å². The summed E-state index contributed by atoms with van der Waals surface area (Å²) >= 11 is 0. The van der Waals surface area contributed by atoms with Gasteiger partial charge in [0.05, 0.1) is 16.9 Å². The Morgan fingerprint density at radius 2 is 1.71 bits per heavy atom. The van der Waals surface area contributed by atoms with Crippen LogP contribution in [0.1, 0.15) is 5.56 Å². The van der Waals surface area contributed by atoms with Gasteiger partial charge in [0.1, 0.15) is 11.6 Å². The van der Waals surface area contributed by atoms with Gasteiger partial charge in [-0.3, -0.25) is 4.79 Å². The number of amides is 1. The SMILES string of the molecule is C=CC(=O)N(OC(=O)C(F)(F)F)c1ccc(F)c(Nc2nc(NCCN(C)C)ncc2-c2ccc(C(F)(F)F)cc2)c1. The number of likely N-dealkylation sites (N-methyl/N-ethyl adjacent to an activating group) is 1. The first-order valence-electron chi connectivity index (χ1n) is 11.9. The molecule has 0 radical (unpaired) electrons. The van der Waals surface area contributed by atoms with E-state index in [4.69, 9.17) is 0 Å². The van der Waals surface area contributed by atoms with Gasteiger partial charge in [-0.15, -0.1) is 5.06 Å². The standard InChI is InChI=1S/C26H23F7N6O3/c1-4-21(40)39(42-23(41)26(31,32)33)17-9-10-19(27)20(13-17)36-22-18(14-35-24(37-22)34-11-12-38(2)3)15-5-7-16(8-6-15)25(28,29)30/h4-10,13-14H,1,11-12H2,2-3H3,(H2,34,35,36,37). The van der Waals surface area contributed by atoms with Crippen LogP contribution in [0.4, 0.5) is 53.9 Å². The van der Waals surface area contributed by atoms with Crippen LogP contribution in [0, 0.1) is 5.82 Å². The molecule has 224 valence electrons. The zero-order valence-electron chi connectivity index (χ0n) is 22.0. The van der Waals surface area contributed by atoms with Gasteiger partial charge < -0.3 is 20.4 Å². The normalized spacial score (nSPS) is 11.7. The number of nitrogens with one attached hydrogen (secondary N) is 2. The Hall–Kier alpha value is -4.73. The second-order valence-electron chi connectivity index (χ2n) is 8.76. The summed E-state index contributed by atoms with van der Waals surface area (Å²) in [5.74, 6) is -5.00. The van der Waals surface area contributed by atoms with Crippen molar-refractivity contribution in [3.63, 3.8) is 0 Å². The molecule has 0 bridgehead atoms. The first-order valence-corrected chi connectivity index (χ1v) is 11.9. The van der Waals surface area contributed by atoms with Crippen molar-refractivity contribution < 1.29 is 45.2 Å². The van der Waals surface area contributed by atoms with E-state index < -0.39 is 47.0 Å². The zero-order valence-corrected chi connectivity index (χ0v) is 22.0. The Kier molecular flexibility index (Phi) is 9.72. The predicted molar refractivity (Wildman–Crippen MR) is 139 cm³/mol. The van der Waals surface area contributed by atoms with Crippen LogP contribution in [-0.4, -0.2) is 60.1 Å². The number of nitrogens with zero attached hydrogens (tertiary/aromatic N) is 4. The molecule has 3 aromatic rings. The molecule has 0 saturated carbocycles. The number of aromatic nitrogens is 2. The van der Waals surface area contributed by atoms with Gasteiger partial charge in [0.2, 0.25) is 5.95 Å². The zero-order chi connectivity index (χ0) is 31.2. The van der Waals surface area contributed by atoms with Crippen LogP contribution in [0.3, 0.4) is 0 Å². The highest BCUT2D eigenvalue weighted by Gasteiger charge is 2.43. The van der Waals surface area contributed by atoms with Crippen molar-refractivity contribution in [2.75, 3.05) is 42.9 Å². The van der Waals surface area contributed by atoms with Gasteiger partial charge in [-0.1, -0.05) is 18.7 Å². The molecular formula is C26H23F7N6O3. The lowest BCUT2D eigenvalue weighted by Gasteiger charge is -2.21. The molecule has 3 rings (SSSR count). The summed E-state index contributed by atoms with van der Waals surface area (Å²) in [4.78, 5) is 38.1. The minimum absolute atomic E-state index is 0.0293. The maximum Gasteiger partial charge on any atom is 0.493 e. The van der Waals surface area contributed by atoms with Gasteiger partial charge >= 0.3 is 18.3 Å². The number of hydrogen-bond donors (Lipinski definition) is 2. The predicted octanol–water partition coefficient (Wildman–Crippen LogP) is 5.56. The van der Waals surface area contributed by atoms with E-state index >= 15 is 0 Å². The van der Waals surface area contributed by atoms with Gasteiger partial charge in [-0.2, -0.15) is 31.3 Å². The van der Waals surface area contributed by atoms with Gasteiger partial charge in [0.15, 0.2) is 0 Å². The summed E-state index contributed by atoms with van der Waals surface area (Å²) in [7, 11) is 3.65. The van der Waals surface area contributed by atoms with E-state index in [0.29, 0.717) is 19.2 Å². The van der Waals surface area contributed by atoms with Crippen LogP contribution in [0.25, 0.3) is 11.1 Å². The second-order valence-corrected chi connectivity index (χ2v) is 8.76. The summed E-state index contributed by atoms with van der Waals surface area (Å²) in [5, 5.41) is 5.54. The summed E-state index contributed by atoms with van der Waals surface area (Å²) < 4.78 is 92.5. The van der Waals surface area contributed by atoms with Crippen molar-refractivity contribution >= 4 is 35.0 Å². The number of alkyl halides is 6. The van der Waals surface area contributed by atoms with Gasteiger partial charge in [-0.25, -0.2) is 14.2 Å². The molecule has 42 heavy (non-hydrogen) atoms. The summed E-state index contributed by atoms with van der Waals surface area (Å²) in [6.45, 7) is 4.11. The average Bonchev–Trinajstić information content (AvgIpc) is 2.91. The number of hydroxylamine groups is 1. The molecule has 0 fully saturated rings. The molecule has 0 spiro atoms. The lowest BCUT2D eigenvalue weighted by molar-refractivity contribution is -0.201. The third-order valence-electron chi connectivity index (χ3n) is 5.37. The maximum absolute atomic E-state index is 14.9. The van der Waals surface area contributed by atoms with Gasteiger partial charge in [0.25, 0.3) is 5.91 Å². The Bertz CT molecular complexity index is 1440. The number of carbonyl (C=O) groups excluding carboxylic acids is 2. The van der Waals surface area contributed by atoms with E-state index in [2.05, 4.69) is 32.0 Å². The molecule has 0 atom stereocenters. The third-order valence-corrected chi connectivity index (χ3v) is 5.37. The van der Waals surface area contributed by atoms with E-state index in [-0.39, 0.29) is 28.0 Å². The summed E-state index contributed by atoms with van der Waals surface area (Å²) in [6.07, 6.45) is -8.20. The fraction of sp³-hybridized carbons (Fsp3) is 0.231. The van der Waals surface area contributed by atoms with Crippen molar-refractivity contribution in [1.29, 1.82) is 0 Å². The largest absolute Gasteiger partial charge is 0.493 e. The Balaban J connectivity index is 2.05. The number of carbonyl (C=O) groups is 2. The van der Waals surface area contributed by atoms with Gasteiger partial charge in [0, 0.05) is 24.8 Å². The minimum Gasteiger partial charge on any atom is -0.353 e. The van der Waals surface area contributed by atoms with E-state index in [1.807, 2.05) is 19.0 Å². The summed E-state index contributed by atoms with van der Waals surface area (Å²) in [6, 6.07) is 6.47. The quantitative estimate of drug-likeness (QED) is 0.187. The first kappa shape index (κ1) is 31.8. The highest BCUT2D eigenvalue weighted by molar-refractivity contribution is 6.01. The van der Waals surface area contributed by atoms with Crippen molar-refractivity contribution in [3.05, 3.63) is 72.7 Å². The number of halogens is 7. The van der Waals surface area contributed by atoms with Crippen molar-refractivity contribution in [3.8, 4) is 11.1 Å². The molecule has 9 nitrogen and oxygen atoms in total. The molecule has 0 saturated heterocycles. The molecule has 1 aromatic heterocycles. The Morgan fingerprint density at radius 1 is 1.05 bits per heavy atom. The van der Waals surface area contributed by atoms with Gasteiger partial charge in [-0.05, 0) is 56.1 Å². The number of rotatable bonds is 9. The van der Waals surface area contributed by atoms with E-state index in [9.17, 15) is 40.3 Å². The molecule has 1 amide bonds. The number of benzene rings is 2.